The molecule has 1 aliphatic heterocycles. The van der Waals surface area contributed by atoms with Crippen LogP contribution >= 0.6 is 34.7 Å². The second-order valence-electron chi connectivity index (χ2n) is 4.02. The summed E-state index contributed by atoms with van der Waals surface area (Å²) in [5, 5.41) is 7.91. The molecule has 0 atom stereocenters. The molecule has 2 heterocycles. The number of halogens is 1. The highest BCUT2D eigenvalue weighted by Gasteiger charge is 2.23. The van der Waals surface area contributed by atoms with Crippen molar-refractivity contribution in [2.45, 2.75) is 0 Å². The third kappa shape index (κ3) is 3.12. The van der Waals surface area contributed by atoms with Crippen molar-refractivity contribution in [1.82, 2.24) is 5.32 Å². The van der Waals surface area contributed by atoms with Crippen molar-refractivity contribution >= 4 is 57.5 Å². The maximum Gasteiger partial charge on any atom is 0.264 e. The number of amidine groups is 1. The average molecular weight is 321 g/mol. The Morgan fingerprint density at radius 3 is 2.95 bits per heavy atom. The summed E-state index contributed by atoms with van der Waals surface area (Å²) in [6, 6.07) is 9.17. The SMILES string of the molecule is O=C1NC(=Nc2cccc(Cl)c2)SC1=Cc1ccsc1. The summed E-state index contributed by atoms with van der Waals surface area (Å²) in [7, 11) is 0. The molecule has 20 heavy (non-hydrogen) atoms. The Balaban J connectivity index is 1.83. The summed E-state index contributed by atoms with van der Waals surface area (Å²) in [6.45, 7) is 0. The summed E-state index contributed by atoms with van der Waals surface area (Å²) in [5.74, 6) is -0.123. The minimum absolute atomic E-state index is 0.123. The van der Waals surface area contributed by atoms with Gasteiger partial charge in [-0.05, 0) is 58.4 Å². The van der Waals surface area contributed by atoms with Crippen LogP contribution < -0.4 is 5.32 Å². The molecule has 1 aliphatic rings. The summed E-state index contributed by atoms with van der Waals surface area (Å²) in [5.41, 5.74) is 1.74. The molecule has 0 bridgehead atoms. The molecule has 0 spiro atoms. The number of hydrogen-bond acceptors (Lipinski definition) is 4. The van der Waals surface area contributed by atoms with Crippen molar-refractivity contribution in [2.24, 2.45) is 4.99 Å². The van der Waals surface area contributed by atoms with Crippen molar-refractivity contribution in [2.75, 3.05) is 0 Å². The van der Waals surface area contributed by atoms with Crippen LogP contribution in [0.3, 0.4) is 0 Å². The van der Waals surface area contributed by atoms with Gasteiger partial charge in [-0.15, -0.1) is 0 Å². The minimum Gasteiger partial charge on any atom is -0.300 e. The predicted octanol–water partition coefficient (Wildman–Crippen LogP) is 4.29. The number of thioether (sulfide) groups is 1. The predicted molar refractivity (Wildman–Crippen MR) is 86.6 cm³/mol. The molecular weight excluding hydrogens is 312 g/mol. The normalized spacial score (nSPS) is 18.8. The molecule has 0 unspecified atom stereocenters. The average Bonchev–Trinajstić information content (AvgIpc) is 3.01. The Kier molecular flexibility index (Phi) is 3.91. The number of nitrogens with one attached hydrogen (secondary N) is 1. The van der Waals surface area contributed by atoms with Crippen LogP contribution in [0.2, 0.25) is 5.02 Å². The first kappa shape index (κ1) is 13.4. The summed E-state index contributed by atoms with van der Waals surface area (Å²) in [6.07, 6.45) is 1.86. The van der Waals surface area contributed by atoms with E-state index >= 15 is 0 Å². The Bertz CT molecular complexity index is 708. The van der Waals surface area contributed by atoms with E-state index in [9.17, 15) is 4.79 Å². The van der Waals surface area contributed by atoms with Gasteiger partial charge in [-0.1, -0.05) is 17.7 Å². The highest BCUT2D eigenvalue weighted by Crippen LogP contribution is 2.29. The van der Waals surface area contributed by atoms with Crippen LogP contribution in [0.4, 0.5) is 5.69 Å². The molecule has 1 fully saturated rings. The lowest BCUT2D eigenvalue weighted by molar-refractivity contribution is -0.115. The summed E-state index contributed by atoms with van der Waals surface area (Å²) in [4.78, 5) is 16.9. The number of rotatable bonds is 2. The smallest absolute Gasteiger partial charge is 0.264 e. The Labute approximate surface area is 129 Å². The molecule has 0 saturated carbocycles. The van der Waals surface area contributed by atoms with Gasteiger partial charge in [-0.25, -0.2) is 4.99 Å². The number of carbonyl (C=O) groups is 1. The monoisotopic (exact) mass is 320 g/mol. The molecule has 0 radical (unpaired) electrons. The van der Waals surface area contributed by atoms with Crippen molar-refractivity contribution in [1.29, 1.82) is 0 Å². The van der Waals surface area contributed by atoms with E-state index in [-0.39, 0.29) is 5.91 Å². The first-order valence-corrected chi connectivity index (χ1v) is 7.92. The maximum atomic E-state index is 11.9. The number of carbonyl (C=O) groups excluding carboxylic acids is 1. The zero-order chi connectivity index (χ0) is 13.9. The fourth-order valence-electron chi connectivity index (χ4n) is 1.65. The molecule has 1 N–H and O–H groups in total. The molecule has 2 aromatic rings. The molecular formula is C14H9ClN2OS2. The fraction of sp³-hybridized carbons (Fsp3) is 0. The van der Waals surface area contributed by atoms with Gasteiger partial charge in [0.05, 0.1) is 10.6 Å². The third-order valence-electron chi connectivity index (χ3n) is 2.53. The third-order valence-corrected chi connectivity index (χ3v) is 4.38. The first-order valence-electron chi connectivity index (χ1n) is 5.78. The second-order valence-corrected chi connectivity index (χ2v) is 6.27. The summed E-state index contributed by atoms with van der Waals surface area (Å²) >= 11 is 8.84. The molecule has 0 aliphatic carbocycles. The van der Waals surface area contributed by atoms with Crippen LogP contribution in [0.5, 0.6) is 0 Å². The molecule has 6 heteroatoms. The lowest BCUT2D eigenvalue weighted by Gasteiger charge is -1.96. The molecule has 3 rings (SSSR count). The fourth-order valence-corrected chi connectivity index (χ4v) is 3.30. The maximum absolute atomic E-state index is 11.9. The summed E-state index contributed by atoms with van der Waals surface area (Å²) < 4.78 is 0. The van der Waals surface area contributed by atoms with Crippen molar-refractivity contribution in [3.63, 3.8) is 0 Å². The zero-order valence-corrected chi connectivity index (χ0v) is 12.6. The van der Waals surface area contributed by atoms with Gasteiger partial charge in [0.2, 0.25) is 0 Å². The minimum atomic E-state index is -0.123. The topological polar surface area (TPSA) is 41.5 Å². The Morgan fingerprint density at radius 1 is 1.30 bits per heavy atom. The highest BCUT2D eigenvalue weighted by molar-refractivity contribution is 8.18. The van der Waals surface area contributed by atoms with E-state index in [1.165, 1.54) is 11.8 Å². The van der Waals surface area contributed by atoms with Crippen LogP contribution in [0.1, 0.15) is 5.56 Å². The number of thiophene rings is 1. The van der Waals surface area contributed by atoms with Gasteiger partial charge in [-0.3, -0.25) is 4.79 Å². The molecule has 1 amide bonds. The molecule has 100 valence electrons. The van der Waals surface area contributed by atoms with E-state index in [1.807, 2.05) is 35.0 Å². The standard InChI is InChI=1S/C14H9ClN2OS2/c15-10-2-1-3-11(7-10)16-14-17-13(18)12(20-14)6-9-4-5-19-8-9/h1-8H,(H,16,17,18). The Morgan fingerprint density at radius 2 is 2.20 bits per heavy atom. The van der Waals surface area contributed by atoms with Gasteiger partial charge in [0.1, 0.15) is 0 Å². The number of hydrogen-bond donors (Lipinski definition) is 1. The number of benzene rings is 1. The number of nitrogens with zero attached hydrogens (tertiary/aromatic N) is 1. The van der Waals surface area contributed by atoms with E-state index in [0.29, 0.717) is 15.1 Å². The van der Waals surface area contributed by atoms with Gasteiger partial charge >= 0.3 is 0 Å². The van der Waals surface area contributed by atoms with E-state index in [0.717, 1.165) is 11.3 Å². The molecule has 1 aromatic heterocycles. The van der Waals surface area contributed by atoms with Crippen LogP contribution in [0.15, 0.2) is 51.0 Å². The first-order chi connectivity index (χ1) is 9.70. The van der Waals surface area contributed by atoms with Gasteiger partial charge in [0.25, 0.3) is 5.91 Å². The zero-order valence-electron chi connectivity index (χ0n) is 10.2. The lowest BCUT2D eigenvalue weighted by atomic mass is 10.3. The van der Waals surface area contributed by atoms with Gasteiger partial charge in [-0.2, -0.15) is 11.3 Å². The van der Waals surface area contributed by atoms with E-state index in [2.05, 4.69) is 10.3 Å². The van der Waals surface area contributed by atoms with Gasteiger partial charge < -0.3 is 5.32 Å². The van der Waals surface area contributed by atoms with E-state index in [4.69, 9.17) is 11.6 Å². The number of amides is 1. The van der Waals surface area contributed by atoms with E-state index < -0.39 is 0 Å². The largest absolute Gasteiger partial charge is 0.300 e. The Hall–Kier alpha value is -1.56. The molecule has 3 nitrogen and oxygen atoms in total. The molecule has 1 aromatic carbocycles. The molecule has 1 saturated heterocycles. The van der Waals surface area contributed by atoms with Crippen molar-refractivity contribution in [3.8, 4) is 0 Å². The van der Waals surface area contributed by atoms with Crippen LogP contribution in [0, 0.1) is 0 Å². The number of aliphatic imine (C=N–C) groups is 1. The second kappa shape index (κ2) is 5.83. The van der Waals surface area contributed by atoms with Gasteiger partial charge in [0, 0.05) is 5.02 Å². The van der Waals surface area contributed by atoms with Crippen LogP contribution in [0.25, 0.3) is 6.08 Å². The van der Waals surface area contributed by atoms with Crippen molar-refractivity contribution in [3.05, 3.63) is 56.6 Å². The van der Waals surface area contributed by atoms with Crippen molar-refractivity contribution < 1.29 is 4.79 Å². The quantitative estimate of drug-likeness (QED) is 0.838. The van der Waals surface area contributed by atoms with E-state index in [1.54, 1.807) is 23.5 Å². The highest BCUT2D eigenvalue weighted by atomic mass is 35.5. The van der Waals surface area contributed by atoms with Crippen LogP contribution in [-0.4, -0.2) is 11.1 Å². The lowest BCUT2D eigenvalue weighted by Crippen LogP contribution is -2.19. The van der Waals surface area contributed by atoms with Gasteiger partial charge in [0.15, 0.2) is 5.17 Å². The van der Waals surface area contributed by atoms with Crippen LogP contribution in [-0.2, 0) is 4.79 Å².